The van der Waals surface area contributed by atoms with Crippen molar-refractivity contribution in [3.63, 3.8) is 0 Å². The number of allylic oxidation sites excluding steroid dienone is 1. The summed E-state index contributed by atoms with van der Waals surface area (Å²) >= 11 is 0. The molecule has 0 amide bonds. The lowest BCUT2D eigenvalue weighted by Gasteiger charge is -2.25. The minimum absolute atomic E-state index is 0.302. The van der Waals surface area contributed by atoms with Crippen LogP contribution < -0.4 is 0 Å². The van der Waals surface area contributed by atoms with Gasteiger partial charge in [-0.05, 0) is 19.8 Å². The van der Waals surface area contributed by atoms with Crippen LogP contribution in [0.2, 0.25) is 0 Å². The summed E-state index contributed by atoms with van der Waals surface area (Å²) in [6.07, 6.45) is 2.22. The zero-order chi connectivity index (χ0) is 15.8. The highest BCUT2D eigenvalue weighted by Crippen LogP contribution is 2.29. The lowest BCUT2D eigenvalue weighted by atomic mass is 10.1. The van der Waals surface area contributed by atoms with Gasteiger partial charge in [-0.3, -0.25) is 0 Å². The van der Waals surface area contributed by atoms with E-state index >= 15 is 0 Å². The lowest BCUT2D eigenvalue weighted by molar-refractivity contribution is -0.139. The molecule has 0 fully saturated rings. The first-order valence-electron chi connectivity index (χ1n) is 6.57. The van der Waals surface area contributed by atoms with Gasteiger partial charge in [-0.15, -0.1) is 0 Å². The summed E-state index contributed by atoms with van der Waals surface area (Å²) in [4.78, 5) is 11.3. The first kappa shape index (κ1) is 17.1. The number of esters is 1. The quantitative estimate of drug-likeness (QED) is 0.389. The molecule has 1 unspecified atom stereocenters. The molecule has 0 saturated carbocycles. The van der Waals surface area contributed by atoms with Crippen LogP contribution in [0.4, 0.5) is 0 Å². The summed E-state index contributed by atoms with van der Waals surface area (Å²) < 4.78 is 26.2. The molecule has 6 nitrogen and oxygen atoms in total. The van der Waals surface area contributed by atoms with E-state index in [9.17, 15) is 4.79 Å². The van der Waals surface area contributed by atoms with Crippen molar-refractivity contribution in [2.45, 2.75) is 26.1 Å². The third kappa shape index (κ3) is 4.53. The predicted octanol–water partition coefficient (Wildman–Crippen LogP) is 2.28. The minimum atomic E-state index is -0.616. The summed E-state index contributed by atoms with van der Waals surface area (Å²) in [5.74, 6) is 0.682. The SMILES string of the molecule is C=C(C)C(=O)OCCCC1=COC(OC)C(OC)=C1OC. The minimum Gasteiger partial charge on any atom is -0.493 e. The second kappa shape index (κ2) is 8.36. The predicted molar refractivity (Wildman–Crippen MR) is 76.0 cm³/mol. The molecule has 0 N–H and O–H groups in total. The zero-order valence-corrected chi connectivity index (χ0v) is 12.9. The number of methoxy groups -OCH3 is 3. The average molecular weight is 298 g/mol. The van der Waals surface area contributed by atoms with Gasteiger partial charge in [-0.2, -0.15) is 0 Å². The molecule has 0 aromatic rings. The van der Waals surface area contributed by atoms with Gasteiger partial charge in [0.2, 0.25) is 5.76 Å². The number of ether oxygens (including phenoxy) is 5. The van der Waals surface area contributed by atoms with Gasteiger partial charge in [0.05, 0.1) is 27.1 Å². The van der Waals surface area contributed by atoms with Gasteiger partial charge in [-0.1, -0.05) is 6.58 Å². The van der Waals surface area contributed by atoms with Crippen molar-refractivity contribution in [3.8, 4) is 0 Å². The average Bonchev–Trinajstić information content (AvgIpc) is 2.49. The van der Waals surface area contributed by atoms with Crippen LogP contribution in [0.15, 0.2) is 35.5 Å². The van der Waals surface area contributed by atoms with Crippen LogP contribution in [0.3, 0.4) is 0 Å². The molecule has 0 bridgehead atoms. The van der Waals surface area contributed by atoms with Gasteiger partial charge in [0, 0.05) is 18.3 Å². The fourth-order valence-corrected chi connectivity index (χ4v) is 1.83. The molecule has 21 heavy (non-hydrogen) atoms. The molecule has 0 spiro atoms. The Kier molecular flexibility index (Phi) is 6.81. The standard InChI is InChI=1S/C15H22O6/c1-10(2)14(16)20-8-6-7-11-9-21-15(19-5)13(18-4)12(11)17-3/h9,15H,1,6-8H2,2-5H3. The van der Waals surface area contributed by atoms with E-state index < -0.39 is 6.29 Å². The second-order valence-electron chi connectivity index (χ2n) is 4.47. The third-order valence-corrected chi connectivity index (χ3v) is 2.87. The van der Waals surface area contributed by atoms with Gasteiger partial charge in [-0.25, -0.2) is 4.79 Å². The Morgan fingerprint density at radius 1 is 1.33 bits per heavy atom. The fourth-order valence-electron chi connectivity index (χ4n) is 1.83. The summed E-state index contributed by atoms with van der Waals surface area (Å²) in [6, 6.07) is 0. The highest BCUT2D eigenvalue weighted by atomic mass is 16.7. The lowest BCUT2D eigenvalue weighted by Crippen LogP contribution is -2.24. The molecule has 0 radical (unpaired) electrons. The summed E-state index contributed by atoms with van der Waals surface area (Å²) in [6.45, 7) is 5.44. The maximum absolute atomic E-state index is 11.3. The molecular weight excluding hydrogens is 276 g/mol. The van der Waals surface area contributed by atoms with E-state index in [4.69, 9.17) is 23.7 Å². The molecule has 0 saturated heterocycles. The summed E-state index contributed by atoms with van der Waals surface area (Å²) in [7, 11) is 4.61. The van der Waals surface area contributed by atoms with Crippen LogP contribution in [0.25, 0.3) is 0 Å². The Hall–Kier alpha value is -1.95. The number of carbonyl (C=O) groups excluding carboxylic acids is 1. The topological polar surface area (TPSA) is 63.2 Å². The third-order valence-electron chi connectivity index (χ3n) is 2.87. The smallest absolute Gasteiger partial charge is 0.333 e. The van der Waals surface area contributed by atoms with Crippen LogP contribution >= 0.6 is 0 Å². The summed E-state index contributed by atoms with van der Waals surface area (Å²) in [5, 5.41) is 0. The van der Waals surface area contributed by atoms with E-state index in [0.717, 1.165) is 5.57 Å². The Labute approximate surface area is 125 Å². The van der Waals surface area contributed by atoms with Gasteiger partial charge in [0.1, 0.15) is 0 Å². The molecule has 1 heterocycles. The van der Waals surface area contributed by atoms with Crippen molar-refractivity contribution >= 4 is 5.97 Å². The van der Waals surface area contributed by atoms with Crippen molar-refractivity contribution in [3.05, 3.63) is 35.5 Å². The van der Waals surface area contributed by atoms with E-state index in [-0.39, 0.29) is 5.97 Å². The van der Waals surface area contributed by atoms with Gasteiger partial charge < -0.3 is 23.7 Å². The molecule has 0 aliphatic carbocycles. The van der Waals surface area contributed by atoms with Crippen molar-refractivity contribution in [2.24, 2.45) is 0 Å². The van der Waals surface area contributed by atoms with Gasteiger partial charge in [0.25, 0.3) is 6.29 Å². The van der Waals surface area contributed by atoms with E-state index in [1.807, 2.05) is 0 Å². The van der Waals surface area contributed by atoms with E-state index in [0.29, 0.717) is 36.5 Å². The van der Waals surface area contributed by atoms with E-state index in [2.05, 4.69) is 6.58 Å². The number of rotatable bonds is 8. The van der Waals surface area contributed by atoms with Crippen LogP contribution in [0.1, 0.15) is 19.8 Å². The largest absolute Gasteiger partial charge is 0.493 e. The monoisotopic (exact) mass is 298 g/mol. The van der Waals surface area contributed by atoms with Crippen LogP contribution in [0.5, 0.6) is 0 Å². The van der Waals surface area contributed by atoms with Crippen LogP contribution in [-0.2, 0) is 28.5 Å². The zero-order valence-electron chi connectivity index (χ0n) is 12.9. The van der Waals surface area contributed by atoms with Gasteiger partial charge >= 0.3 is 5.97 Å². The van der Waals surface area contributed by atoms with Crippen molar-refractivity contribution < 1.29 is 28.5 Å². The highest BCUT2D eigenvalue weighted by molar-refractivity contribution is 5.86. The molecule has 6 heteroatoms. The summed E-state index contributed by atoms with van der Waals surface area (Å²) in [5.41, 5.74) is 1.21. The Morgan fingerprint density at radius 2 is 2.05 bits per heavy atom. The molecule has 1 aliphatic rings. The first-order chi connectivity index (χ1) is 10.0. The molecular formula is C15H22O6. The Morgan fingerprint density at radius 3 is 2.57 bits per heavy atom. The second-order valence-corrected chi connectivity index (χ2v) is 4.47. The van der Waals surface area contributed by atoms with E-state index in [1.165, 1.54) is 14.2 Å². The fraction of sp³-hybridized carbons (Fsp3) is 0.533. The number of carbonyl (C=O) groups is 1. The molecule has 1 rings (SSSR count). The molecule has 0 aromatic carbocycles. The van der Waals surface area contributed by atoms with Gasteiger partial charge in [0.15, 0.2) is 5.76 Å². The van der Waals surface area contributed by atoms with Crippen LogP contribution in [0, 0.1) is 0 Å². The molecule has 0 aromatic heterocycles. The van der Waals surface area contributed by atoms with Crippen molar-refractivity contribution in [1.82, 2.24) is 0 Å². The first-order valence-corrected chi connectivity index (χ1v) is 6.57. The number of hydrogen-bond donors (Lipinski definition) is 0. The maximum atomic E-state index is 11.3. The van der Waals surface area contributed by atoms with Crippen molar-refractivity contribution in [2.75, 3.05) is 27.9 Å². The normalized spacial score (nSPS) is 17.7. The Bertz CT molecular complexity index is 449. The molecule has 1 atom stereocenters. The molecule has 1 aliphatic heterocycles. The number of hydrogen-bond acceptors (Lipinski definition) is 6. The van der Waals surface area contributed by atoms with Crippen LogP contribution in [-0.4, -0.2) is 40.2 Å². The molecule has 118 valence electrons. The highest BCUT2D eigenvalue weighted by Gasteiger charge is 2.28. The Balaban J connectivity index is 2.59. The maximum Gasteiger partial charge on any atom is 0.333 e. The van der Waals surface area contributed by atoms with Crippen molar-refractivity contribution in [1.29, 1.82) is 0 Å². The van der Waals surface area contributed by atoms with E-state index in [1.54, 1.807) is 20.3 Å².